The van der Waals surface area contributed by atoms with Gasteiger partial charge in [-0.3, -0.25) is 9.18 Å². The predicted molar refractivity (Wildman–Crippen MR) is 46.0 cm³/mol. The maximum absolute atomic E-state index is 12.2. The number of alkyl halides is 2. The molecule has 0 radical (unpaired) electrons. The van der Waals surface area contributed by atoms with Gasteiger partial charge in [-0.2, -0.15) is 0 Å². The monoisotopic (exact) mass is 193 g/mol. The van der Waals surface area contributed by atoms with E-state index in [4.69, 9.17) is 11.6 Å². The highest BCUT2D eigenvalue weighted by Crippen LogP contribution is 2.17. The van der Waals surface area contributed by atoms with Gasteiger partial charge in [-0.15, -0.1) is 11.6 Å². The standard InChI is InChI=1S/C8H13ClFNO/c9-3-1-8(12)11-4-2-7(5-10)6-11/h7H,1-6H2/t7-/m1/s1. The summed E-state index contributed by atoms with van der Waals surface area (Å²) < 4.78 is 12.2. The molecule has 1 aliphatic heterocycles. The molecule has 0 aliphatic carbocycles. The molecule has 1 fully saturated rings. The Morgan fingerprint density at radius 2 is 2.42 bits per heavy atom. The van der Waals surface area contributed by atoms with Crippen LogP contribution in [0.5, 0.6) is 0 Å². The lowest BCUT2D eigenvalue weighted by atomic mass is 10.1. The molecule has 1 heterocycles. The molecule has 0 aromatic rings. The molecule has 1 amide bonds. The second-order valence-corrected chi connectivity index (χ2v) is 3.47. The van der Waals surface area contributed by atoms with Crippen LogP contribution in [-0.4, -0.2) is 36.5 Å². The van der Waals surface area contributed by atoms with E-state index in [1.54, 1.807) is 4.90 Å². The average molecular weight is 194 g/mol. The van der Waals surface area contributed by atoms with Gasteiger partial charge in [-0.1, -0.05) is 0 Å². The molecule has 0 unspecified atom stereocenters. The Kier molecular flexibility index (Phi) is 3.79. The Morgan fingerprint density at radius 3 is 2.92 bits per heavy atom. The van der Waals surface area contributed by atoms with E-state index in [2.05, 4.69) is 0 Å². The maximum atomic E-state index is 12.2. The lowest BCUT2D eigenvalue weighted by molar-refractivity contribution is -0.129. The van der Waals surface area contributed by atoms with Gasteiger partial charge < -0.3 is 4.90 Å². The van der Waals surface area contributed by atoms with Crippen molar-refractivity contribution in [3.05, 3.63) is 0 Å². The first kappa shape index (κ1) is 9.78. The van der Waals surface area contributed by atoms with Crippen molar-refractivity contribution in [1.29, 1.82) is 0 Å². The summed E-state index contributed by atoms with van der Waals surface area (Å²) in [6.45, 7) is 0.960. The topological polar surface area (TPSA) is 20.3 Å². The molecule has 0 N–H and O–H groups in total. The maximum Gasteiger partial charge on any atom is 0.223 e. The van der Waals surface area contributed by atoms with Crippen LogP contribution in [0.1, 0.15) is 12.8 Å². The normalized spacial score (nSPS) is 23.2. The fourth-order valence-corrected chi connectivity index (χ4v) is 1.59. The van der Waals surface area contributed by atoms with Crippen molar-refractivity contribution in [2.75, 3.05) is 25.6 Å². The van der Waals surface area contributed by atoms with E-state index in [1.165, 1.54) is 0 Å². The summed E-state index contributed by atoms with van der Waals surface area (Å²) in [6.07, 6.45) is 1.17. The Hall–Kier alpha value is -0.310. The molecular weight excluding hydrogens is 181 g/mol. The average Bonchev–Trinajstić information content (AvgIpc) is 2.52. The summed E-state index contributed by atoms with van der Waals surface area (Å²) in [5, 5.41) is 0. The lowest BCUT2D eigenvalue weighted by Crippen LogP contribution is -2.28. The Morgan fingerprint density at radius 1 is 1.67 bits per heavy atom. The van der Waals surface area contributed by atoms with Crippen LogP contribution in [-0.2, 0) is 4.79 Å². The largest absolute Gasteiger partial charge is 0.342 e. The number of nitrogens with zero attached hydrogens (tertiary/aromatic N) is 1. The highest BCUT2D eigenvalue weighted by atomic mass is 35.5. The Labute approximate surface area is 76.7 Å². The smallest absolute Gasteiger partial charge is 0.223 e. The van der Waals surface area contributed by atoms with Gasteiger partial charge in [0, 0.05) is 31.3 Å². The molecule has 1 atom stereocenters. The van der Waals surface area contributed by atoms with Crippen LogP contribution in [0.2, 0.25) is 0 Å². The molecule has 1 rings (SSSR count). The quantitative estimate of drug-likeness (QED) is 0.621. The van der Waals surface area contributed by atoms with Gasteiger partial charge in [0.05, 0.1) is 6.67 Å². The Bertz CT molecular complexity index is 165. The number of carbonyl (C=O) groups excluding carboxylic acids is 1. The third-order valence-electron chi connectivity index (χ3n) is 2.17. The molecule has 1 aliphatic rings. The summed E-state index contributed by atoms with van der Waals surface area (Å²) in [6, 6.07) is 0. The van der Waals surface area contributed by atoms with Crippen molar-refractivity contribution >= 4 is 17.5 Å². The summed E-state index contributed by atoms with van der Waals surface area (Å²) in [5.41, 5.74) is 0. The number of rotatable bonds is 3. The van der Waals surface area contributed by atoms with E-state index >= 15 is 0 Å². The zero-order valence-corrected chi connectivity index (χ0v) is 7.69. The molecule has 2 nitrogen and oxygen atoms in total. The summed E-state index contributed by atoms with van der Waals surface area (Å²) >= 11 is 5.42. The number of amides is 1. The molecule has 0 saturated carbocycles. The SMILES string of the molecule is O=C(CCCl)N1CC[C@H](CF)C1. The van der Waals surface area contributed by atoms with Gasteiger partial charge in [-0.05, 0) is 6.42 Å². The van der Waals surface area contributed by atoms with Gasteiger partial charge in [0.2, 0.25) is 5.91 Å². The van der Waals surface area contributed by atoms with Crippen LogP contribution in [0.25, 0.3) is 0 Å². The molecular formula is C8H13ClFNO. The van der Waals surface area contributed by atoms with Gasteiger partial charge in [-0.25, -0.2) is 0 Å². The summed E-state index contributed by atoms with van der Waals surface area (Å²) in [7, 11) is 0. The van der Waals surface area contributed by atoms with Crippen molar-refractivity contribution in [3.63, 3.8) is 0 Å². The minimum absolute atomic E-state index is 0.0564. The van der Waals surface area contributed by atoms with E-state index in [0.717, 1.165) is 6.42 Å². The molecule has 0 aromatic carbocycles. The second kappa shape index (κ2) is 4.65. The summed E-state index contributed by atoms with van der Waals surface area (Å²) in [4.78, 5) is 12.9. The highest BCUT2D eigenvalue weighted by molar-refractivity contribution is 6.18. The van der Waals surface area contributed by atoms with Crippen molar-refractivity contribution in [1.82, 2.24) is 4.90 Å². The predicted octanol–water partition coefficient (Wildman–Crippen LogP) is 1.43. The minimum Gasteiger partial charge on any atom is -0.342 e. The lowest BCUT2D eigenvalue weighted by Gasteiger charge is -2.14. The van der Waals surface area contributed by atoms with Crippen LogP contribution >= 0.6 is 11.6 Å². The molecule has 0 spiro atoms. The van der Waals surface area contributed by atoms with Gasteiger partial charge in [0.25, 0.3) is 0 Å². The first-order chi connectivity index (χ1) is 5.77. The number of hydrogen-bond acceptors (Lipinski definition) is 1. The van der Waals surface area contributed by atoms with E-state index in [-0.39, 0.29) is 18.5 Å². The van der Waals surface area contributed by atoms with Crippen LogP contribution in [0.15, 0.2) is 0 Å². The van der Waals surface area contributed by atoms with Crippen LogP contribution < -0.4 is 0 Å². The zero-order chi connectivity index (χ0) is 8.97. The zero-order valence-electron chi connectivity index (χ0n) is 6.93. The molecule has 0 bridgehead atoms. The first-order valence-corrected chi connectivity index (χ1v) is 4.71. The third kappa shape index (κ3) is 2.34. The van der Waals surface area contributed by atoms with Gasteiger partial charge in [0.15, 0.2) is 0 Å². The summed E-state index contributed by atoms with van der Waals surface area (Å²) in [5.74, 6) is 0.473. The number of halogens is 2. The van der Waals surface area contributed by atoms with Crippen molar-refractivity contribution in [2.45, 2.75) is 12.8 Å². The van der Waals surface area contributed by atoms with Gasteiger partial charge >= 0.3 is 0 Å². The van der Waals surface area contributed by atoms with Gasteiger partial charge in [0.1, 0.15) is 0 Å². The van der Waals surface area contributed by atoms with Crippen LogP contribution in [0.3, 0.4) is 0 Å². The van der Waals surface area contributed by atoms with E-state index in [0.29, 0.717) is 25.4 Å². The van der Waals surface area contributed by atoms with Crippen molar-refractivity contribution < 1.29 is 9.18 Å². The fraction of sp³-hybridized carbons (Fsp3) is 0.875. The molecule has 70 valence electrons. The Balaban J connectivity index is 2.31. The highest BCUT2D eigenvalue weighted by Gasteiger charge is 2.25. The fourth-order valence-electron chi connectivity index (χ4n) is 1.42. The van der Waals surface area contributed by atoms with E-state index < -0.39 is 0 Å². The van der Waals surface area contributed by atoms with Crippen molar-refractivity contribution in [3.8, 4) is 0 Å². The third-order valence-corrected chi connectivity index (χ3v) is 2.35. The van der Waals surface area contributed by atoms with E-state index in [1.807, 2.05) is 0 Å². The molecule has 0 aromatic heterocycles. The molecule has 1 saturated heterocycles. The number of hydrogen-bond donors (Lipinski definition) is 0. The molecule has 4 heteroatoms. The van der Waals surface area contributed by atoms with E-state index in [9.17, 15) is 9.18 Å². The number of carbonyl (C=O) groups is 1. The molecule has 12 heavy (non-hydrogen) atoms. The first-order valence-electron chi connectivity index (χ1n) is 4.17. The second-order valence-electron chi connectivity index (χ2n) is 3.09. The van der Waals surface area contributed by atoms with Crippen LogP contribution in [0, 0.1) is 5.92 Å². The number of likely N-dealkylation sites (tertiary alicyclic amines) is 1. The minimum atomic E-state index is -0.315. The van der Waals surface area contributed by atoms with Crippen LogP contribution in [0.4, 0.5) is 4.39 Å². The van der Waals surface area contributed by atoms with Crippen molar-refractivity contribution in [2.24, 2.45) is 5.92 Å².